The van der Waals surface area contributed by atoms with Gasteiger partial charge in [0.25, 0.3) is 0 Å². The first-order chi connectivity index (χ1) is 14.4. The van der Waals surface area contributed by atoms with Gasteiger partial charge in [-0.2, -0.15) is 5.10 Å². The van der Waals surface area contributed by atoms with Gasteiger partial charge in [0.1, 0.15) is 17.5 Å². The predicted octanol–water partition coefficient (Wildman–Crippen LogP) is 4.34. The molecule has 0 saturated heterocycles. The van der Waals surface area contributed by atoms with Gasteiger partial charge in [-0.25, -0.2) is 14.3 Å². The first-order valence-electron chi connectivity index (χ1n) is 9.17. The topological polar surface area (TPSA) is 83.6 Å². The molecule has 0 N–H and O–H groups in total. The van der Waals surface area contributed by atoms with Crippen LogP contribution in [0.1, 0.15) is 38.7 Å². The SMILES string of the molecule is COC(=O)c1ccc(COC(=O)/C=C/c2c(C)nn(Cc3ccc(C)cc3)c2Cl)o1. The Kier molecular flexibility index (Phi) is 6.74. The molecule has 0 atom stereocenters. The molecule has 1 aromatic carbocycles. The number of furan rings is 1. The van der Waals surface area contributed by atoms with E-state index in [4.69, 9.17) is 20.8 Å². The smallest absolute Gasteiger partial charge is 0.373 e. The minimum atomic E-state index is -0.597. The number of methoxy groups -OCH3 is 1. The first-order valence-corrected chi connectivity index (χ1v) is 9.55. The maximum atomic E-state index is 12.0. The summed E-state index contributed by atoms with van der Waals surface area (Å²) in [6.07, 6.45) is 2.84. The van der Waals surface area contributed by atoms with Gasteiger partial charge in [0.2, 0.25) is 5.76 Å². The Morgan fingerprint density at radius 1 is 1.17 bits per heavy atom. The third-order valence-corrected chi connectivity index (χ3v) is 4.75. The largest absolute Gasteiger partial charge is 0.463 e. The summed E-state index contributed by atoms with van der Waals surface area (Å²) in [6.45, 7) is 4.26. The number of carbonyl (C=O) groups is 2. The molecule has 0 aliphatic carbocycles. The van der Waals surface area contributed by atoms with Crippen LogP contribution in [0.25, 0.3) is 6.08 Å². The van der Waals surface area contributed by atoms with Gasteiger partial charge in [0.15, 0.2) is 0 Å². The highest BCUT2D eigenvalue weighted by molar-refractivity contribution is 6.31. The number of aryl methyl sites for hydroxylation is 2. The lowest BCUT2D eigenvalue weighted by atomic mass is 10.1. The lowest BCUT2D eigenvalue weighted by molar-refractivity contribution is -0.139. The highest BCUT2D eigenvalue weighted by Crippen LogP contribution is 2.22. The Hall–Kier alpha value is -3.32. The average molecular weight is 429 g/mol. The molecule has 0 aliphatic rings. The van der Waals surface area contributed by atoms with E-state index in [9.17, 15) is 9.59 Å². The molecule has 0 bridgehead atoms. The molecule has 0 radical (unpaired) electrons. The Bertz CT molecular complexity index is 1080. The van der Waals surface area contributed by atoms with E-state index >= 15 is 0 Å². The van der Waals surface area contributed by atoms with Gasteiger partial charge in [-0.15, -0.1) is 0 Å². The summed E-state index contributed by atoms with van der Waals surface area (Å²) in [4.78, 5) is 23.4. The molecule has 0 fully saturated rings. The van der Waals surface area contributed by atoms with Gasteiger partial charge < -0.3 is 13.9 Å². The molecule has 8 heteroatoms. The average Bonchev–Trinajstić information content (AvgIpc) is 3.31. The summed E-state index contributed by atoms with van der Waals surface area (Å²) in [7, 11) is 1.26. The second-order valence-electron chi connectivity index (χ2n) is 6.63. The van der Waals surface area contributed by atoms with Crippen molar-refractivity contribution in [3.8, 4) is 0 Å². The van der Waals surface area contributed by atoms with Crippen LogP contribution in [-0.4, -0.2) is 28.8 Å². The van der Waals surface area contributed by atoms with Crippen LogP contribution >= 0.6 is 11.6 Å². The predicted molar refractivity (Wildman–Crippen MR) is 111 cm³/mol. The van der Waals surface area contributed by atoms with Crippen molar-refractivity contribution >= 4 is 29.6 Å². The number of esters is 2. The first kappa shape index (κ1) is 21.4. The fraction of sp³-hybridized carbons (Fsp3) is 0.227. The Labute approximate surface area is 178 Å². The fourth-order valence-corrected chi connectivity index (χ4v) is 3.03. The number of benzene rings is 1. The molecule has 7 nitrogen and oxygen atoms in total. The summed E-state index contributed by atoms with van der Waals surface area (Å²) in [5.74, 6) is -0.798. The van der Waals surface area contributed by atoms with Crippen LogP contribution in [0.4, 0.5) is 0 Å². The molecule has 2 aromatic heterocycles. The van der Waals surface area contributed by atoms with Crippen molar-refractivity contribution in [3.63, 3.8) is 0 Å². The van der Waals surface area contributed by atoms with Crippen molar-refractivity contribution in [2.24, 2.45) is 0 Å². The maximum absolute atomic E-state index is 12.0. The Morgan fingerprint density at radius 3 is 2.60 bits per heavy atom. The van der Waals surface area contributed by atoms with Crippen molar-refractivity contribution < 1.29 is 23.5 Å². The van der Waals surface area contributed by atoms with E-state index in [1.807, 2.05) is 38.1 Å². The van der Waals surface area contributed by atoms with Gasteiger partial charge in [-0.1, -0.05) is 41.4 Å². The van der Waals surface area contributed by atoms with Crippen LogP contribution in [0.2, 0.25) is 5.15 Å². The van der Waals surface area contributed by atoms with E-state index < -0.39 is 11.9 Å². The normalized spacial score (nSPS) is 11.1. The lowest BCUT2D eigenvalue weighted by Crippen LogP contribution is -2.02. The molecule has 2 heterocycles. The van der Waals surface area contributed by atoms with Crippen molar-refractivity contribution in [3.05, 3.63) is 81.5 Å². The van der Waals surface area contributed by atoms with E-state index in [-0.39, 0.29) is 12.4 Å². The van der Waals surface area contributed by atoms with Crippen LogP contribution < -0.4 is 0 Å². The molecule has 0 spiro atoms. The van der Waals surface area contributed by atoms with E-state index in [1.54, 1.807) is 16.8 Å². The highest BCUT2D eigenvalue weighted by Gasteiger charge is 2.13. The quantitative estimate of drug-likeness (QED) is 0.411. The molecule has 0 unspecified atom stereocenters. The number of carbonyl (C=O) groups excluding carboxylic acids is 2. The van der Waals surface area contributed by atoms with E-state index in [1.165, 1.54) is 24.8 Å². The summed E-state index contributed by atoms with van der Waals surface area (Å²) < 4.78 is 16.6. The van der Waals surface area contributed by atoms with Crippen LogP contribution in [0.5, 0.6) is 0 Å². The number of hydrogen-bond acceptors (Lipinski definition) is 6. The molecule has 156 valence electrons. The third-order valence-electron chi connectivity index (χ3n) is 4.35. The minimum absolute atomic E-state index is 0.0440. The Balaban J connectivity index is 1.61. The number of hydrogen-bond donors (Lipinski definition) is 0. The third kappa shape index (κ3) is 5.18. The number of aromatic nitrogens is 2. The zero-order valence-corrected chi connectivity index (χ0v) is 17.6. The summed E-state index contributed by atoms with van der Waals surface area (Å²) in [6, 6.07) is 11.1. The van der Waals surface area contributed by atoms with Crippen molar-refractivity contribution in [2.75, 3.05) is 7.11 Å². The maximum Gasteiger partial charge on any atom is 0.373 e. The van der Waals surface area contributed by atoms with Crippen LogP contribution in [-0.2, 0) is 27.4 Å². The van der Waals surface area contributed by atoms with Crippen molar-refractivity contribution in [1.29, 1.82) is 0 Å². The van der Waals surface area contributed by atoms with Gasteiger partial charge in [0.05, 0.1) is 19.3 Å². The molecule has 0 aliphatic heterocycles. The number of nitrogens with zero attached hydrogens (tertiary/aromatic N) is 2. The number of rotatable bonds is 7. The summed E-state index contributed by atoms with van der Waals surface area (Å²) >= 11 is 6.45. The molecule has 0 amide bonds. The molecular formula is C22H21ClN2O5. The van der Waals surface area contributed by atoms with Crippen LogP contribution in [0, 0.1) is 13.8 Å². The van der Waals surface area contributed by atoms with E-state index in [0.29, 0.717) is 28.7 Å². The minimum Gasteiger partial charge on any atom is -0.463 e. The van der Waals surface area contributed by atoms with Crippen molar-refractivity contribution in [1.82, 2.24) is 9.78 Å². The number of halogens is 1. The van der Waals surface area contributed by atoms with Gasteiger partial charge in [-0.05, 0) is 37.6 Å². The molecule has 3 rings (SSSR count). The van der Waals surface area contributed by atoms with Crippen molar-refractivity contribution in [2.45, 2.75) is 27.0 Å². The summed E-state index contributed by atoms with van der Waals surface area (Å²) in [5, 5.41) is 4.89. The molecule has 0 saturated carbocycles. The van der Waals surface area contributed by atoms with Gasteiger partial charge in [-0.3, -0.25) is 0 Å². The molecular weight excluding hydrogens is 408 g/mol. The Morgan fingerprint density at radius 2 is 1.90 bits per heavy atom. The van der Waals surface area contributed by atoms with Gasteiger partial charge >= 0.3 is 11.9 Å². The van der Waals surface area contributed by atoms with Gasteiger partial charge in [0, 0.05) is 11.6 Å². The lowest BCUT2D eigenvalue weighted by Gasteiger charge is -2.04. The second-order valence-corrected chi connectivity index (χ2v) is 6.99. The second kappa shape index (κ2) is 9.45. The zero-order valence-electron chi connectivity index (χ0n) is 16.8. The fourth-order valence-electron chi connectivity index (χ4n) is 2.74. The van der Waals surface area contributed by atoms with Crippen LogP contribution in [0.15, 0.2) is 46.9 Å². The highest BCUT2D eigenvalue weighted by atomic mass is 35.5. The molecule has 3 aromatic rings. The monoisotopic (exact) mass is 428 g/mol. The molecule has 30 heavy (non-hydrogen) atoms. The zero-order chi connectivity index (χ0) is 21.7. The van der Waals surface area contributed by atoms with E-state index in [0.717, 1.165) is 5.56 Å². The number of ether oxygens (including phenoxy) is 2. The van der Waals surface area contributed by atoms with Crippen LogP contribution in [0.3, 0.4) is 0 Å². The van der Waals surface area contributed by atoms with E-state index in [2.05, 4.69) is 9.84 Å². The summed E-state index contributed by atoms with van der Waals surface area (Å²) in [5.41, 5.74) is 3.60. The standard InChI is InChI=1S/C22H21ClN2O5/c1-14-4-6-16(7-5-14)12-25-21(23)18(15(2)24-25)9-11-20(26)29-13-17-8-10-19(30-17)22(27)28-3/h4-11H,12-13H2,1-3H3/b11-9+.